The standard InChI is InChI=1S/C10H19NO2S/c1-8-6-9(8)7-11-10-2-4-14(12,13)5-3-10/h8-11H,2-7H2,1H3. The summed E-state index contributed by atoms with van der Waals surface area (Å²) >= 11 is 0. The highest BCUT2D eigenvalue weighted by Crippen LogP contribution is 2.37. The summed E-state index contributed by atoms with van der Waals surface area (Å²) < 4.78 is 22.3. The van der Waals surface area contributed by atoms with E-state index in [9.17, 15) is 8.42 Å². The summed E-state index contributed by atoms with van der Waals surface area (Å²) in [5.74, 6) is 2.50. The van der Waals surface area contributed by atoms with E-state index in [0.717, 1.165) is 31.2 Å². The maximum absolute atomic E-state index is 11.2. The van der Waals surface area contributed by atoms with Crippen molar-refractivity contribution in [3.63, 3.8) is 0 Å². The maximum atomic E-state index is 11.2. The van der Waals surface area contributed by atoms with Gasteiger partial charge in [0.05, 0.1) is 11.5 Å². The van der Waals surface area contributed by atoms with Crippen LogP contribution in [0.4, 0.5) is 0 Å². The van der Waals surface area contributed by atoms with E-state index in [-0.39, 0.29) is 0 Å². The highest BCUT2D eigenvalue weighted by Gasteiger charge is 2.33. The molecular formula is C10H19NO2S. The molecule has 0 bridgehead atoms. The highest BCUT2D eigenvalue weighted by atomic mass is 32.2. The summed E-state index contributed by atoms with van der Waals surface area (Å²) in [5, 5.41) is 3.49. The van der Waals surface area contributed by atoms with E-state index in [1.807, 2.05) is 0 Å². The summed E-state index contributed by atoms with van der Waals surface area (Å²) in [4.78, 5) is 0. The minimum Gasteiger partial charge on any atom is -0.314 e. The molecule has 1 N–H and O–H groups in total. The van der Waals surface area contributed by atoms with Crippen LogP contribution in [0.1, 0.15) is 26.2 Å². The molecule has 0 radical (unpaired) electrons. The van der Waals surface area contributed by atoms with E-state index in [1.165, 1.54) is 6.42 Å². The molecule has 1 aliphatic heterocycles. The molecule has 0 aromatic rings. The third-order valence-corrected chi connectivity index (χ3v) is 5.21. The summed E-state index contributed by atoms with van der Waals surface area (Å²) in [6.45, 7) is 3.36. The first-order chi connectivity index (χ1) is 6.57. The third-order valence-electron chi connectivity index (χ3n) is 3.50. The van der Waals surface area contributed by atoms with Gasteiger partial charge in [0.15, 0.2) is 0 Å². The molecule has 0 spiro atoms. The van der Waals surface area contributed by atoms with E-state index in [1.54, 1.807) is 0 Å². The van der Waals surface area contributed by atoms with Gasteiger partial charge in [-0.25, -0.2) is 8.42 Å². The van der Waals surface area contributed by atoms with E-state index in [2.05, 4.69) is 12.2 Å². The van der Waals surface area contributed by atoms with Gasteiger partial charge in [0.1, 0.15) is 9.84 Å². The van der Waals surface area contributed by atoms with Gasteiger partial charge >= 0.3 is 0 Å². The van der Waals surface area contributed by atoms with Crippen molar-refractivity contribution in [2.24, 2.45) is 11.8 Å². The Kier molecular flexibility index (Phi) is 2.84. The van der Waals surface area contributed by atoms with Crippen LogP contribution in [0.15, 0.2) is 0 Å². The Bertz CT molecular complexity index is 285. The maximum Gasteiger partial charge on any atom is 0.150 e. The lowest BCUT2D eigenvalue weighted by Crippen LogP contribution is -2.38. The van der Waals surface area contributed by atoms with Crippen molar-refractivity contribution < 1.29 is 8.42 Å². The Morgan fingerprint density at radius 1 is 1.29 bits per heavy atom. The van der Waals surface area contributed by atoms with E-state index < -0.39 is 9.84 Å². The first kappa shape index (κ1) is 10.4. The summed E-state index contributed by atoms with van der Waals surface area (Å²) in [6.07, 6.45) is 2.96. The lowest BCUT2D eigenvalue weighted by Gasteiger charge is -2.23. The van der Waals surface area contributed by atoms with E-state index in [0.29, 0.717) is 17.5 Å². The zero-order valence-electron chi connectivity index (χ0n) is 8.70. The van der Waals surface area contributed by atoms with Crippen molar-refractivity contribution in [3.8, 4) is 0 Å². The average Bonchev–Trinajstić information content (AvgIpc) is 2.80. The normalized spacial score (nSPS) is 36.9. The Morgan fingerprint density at radius 3 is 2.36 bits per heavy atom. The fourth-order valence-electron chi connectivity index (χ4n) is 2.10. The van der Waals surface area contributed by atoms with Crippen LogP contribution in [0, 0.1) is 11.8 Å². The first-order valence-corrected chi connectivity index (χ1v) is 7.33. The summed E-state index contributed by atoms with van der Waals surface area (Å²) in [6, 6.07) is 0.450. The van der Waals surface area contributed by atoms with Crippen LogP contribution < -0.4 is 5.32 Å². The molecule has 2 fully saturated rings. The fraction of sp³-hybridized carbons (Fsp3) is 1.00. The second-order valence-electron chi connectivity index (χ2n) is 4.81. The molecule has 4 heteroatoms. The van der Waals surface area contributed by atoms with Gasteiger partial charge in [-0.3, -0.25) is 0 Å². The molecule has 2 atom stereocenters. The lowest BCUT2D eigenvalue weighted by molar-refractivity contribution is 0.449. The van der Waals surface area contributed by atoms with Crippen molar-refractivity contribution >= 4 is 9.84 Å². The van der Waals surface area contributed by atoms with Crippen LogP contribution in [0.3, 0.4) is 0 Å². The summed E-state index contributed by atoms with van der Waals surface area (Å²) in [7, 11) is -2.69. The molecule has 82 valence electrons. The molecule has 2 aliphatic rings. The predicted molar refractivity (Wildman–Crippen MR) is 56.9 cm³/mol. The van der Waals surface area contributed by atoms with Crippen molar-refractivity contribution in [2.45, 2.75) is 32.2 Å². The molecule has 0 amide bonds. The molecule has 2 rings (SSSR count). The van der Waals surface area contributed by atoms with Gasteiger partial charge in [-0.2, -0.15) is 0 Å². The zero-order chi connectivity index (χ0) is 10.2. The van der Waals surface area contributed by atoms with Gasteiger partial charge in [0, 0.05) is 6.04 Å². The molecule has 1 heterocycles. The first-order valence-electron chi connectivity index (χ1n) is 5.50. The highest BCUT2D eigenvalue weighted by molar-refractivity contribution is 7.91. The molecule has 0 aromatic carbocycles. The van der Waals surface area contributed by atoms with Gasteiger partial charge < -0.3 is 5.32 Å². The minimum absolute atomic E-state index is 0.380. The second-order valence-corrected chi connectivity index (χ2v) is 7.11. The lowest BCUT2D eigenvalue weighted by atomic mass is 10.1. The third kappa shape index (κ3) is 2.70. The predicted octanol–water partition coefficient (Wildman–Crippen LogP) is 0.809. The van der Waals surface area contributed by atoms with Crippen LogP contribution in [-0.4, -0.2) is 32.5 Å². The Balaban J connectivity index is 1.68. The second kappa shape index (κ2) is 3.81. The largest absolute Gasteiger partial charge is 0.314 e. The fourth-order valence-corrected chi connectivity index (χ4v) is 3.59. The van der Waals surface area contributed by atoms with Crippen molar-refractivity contribution in [3.05, 3.63) is 0 Å². The molecule has 3 nitrogen and oxygen atoms in total. The number of hydrogen-bond acceptors (Lipinski definition) is 3. The number of hydrogen-bond donors (Lipinski definition) is 1. The molecule has 14 heavy (non-hydrogen) atoms. The van der Waals surface area contributed by atoms with E-state index >= 15 is 0 Å². The van der Waals surface area contributed by atoms with Gasteiger partial charge in [0.2, 0.25) is 0 Å². The molecule has 1 aliphatic carbocycles. The van der Waals surface area contributed by atoms with Gasteiger partial charge in [-0.15, -0.1) is 0 Å². The van der Waals surface area contributed by atoms with Gasteiger partial charge in [0.25, 0.3) is 0 Å². The molecule has 1 saturated carbocycles. The molecule has 1 saturated heterocycles. The molecule has 0 aromatic heterocycles. The van der Waals surface area contributed by atoms with Crippen molar-refractivity contribution in [2.75, 3.05) is 18.1 Å². The summed E-state index contributed by atoms with van der Waals surface area (Å²) in [5.41, 5.74) is 0. The Hall–Kier alpha value is -0.0900. The SMILES string of the molecule is CC1CC1CNC1CCS(=O)(=O)CC1. The Labute approximate surface area is 86.2 Å². The van der Waals surface area contributed by atoms with Gasteiger partial charge in [-0.1, -0.05) is 6.92 Å². The molecule has 2 unspecified atom stereocenters. The van der Waals surface area contributed by atoms with Crippen molar-refractivity contribution in [1.82, 2.24) is 5.32 Å². The smallest absolute Gasteiger partial charge is 0.150 e. The van der Waals surface area contributed by atoms with Gasteiger partial charge in [-0.05, 0) is 37.6 Å². The van der Waals surface area contributed by atoms with Crippen LogP contribution in [-0.2, 0) is 9.84 Å². The monoisotopic (exact) mass is 217 g/mol. The Morgan fingerprint density at radius 2 is 1.86 bits per heavy atom. The van der Waals surface area contributed by atoms with Crippen LogP contribution in [0.2, 0.25) is 0 Å². The van der Waals surface area contributed by atoms with Crippen LogP contribution in [0.25, 0.3) is 0 Å². The van der Waals surface area contributed by atoms with Crippen LogP contribution >= 0.6 is 0 Å². The number of nitrogens with one attached hydrogen (secondary N) is 1. The quantitative estimate of drug-likeness (QED) is 0.761. The topological polar surface area (TPSA) is 46.2 Å². The van der Waals surface area contributed by atoms with Crippen molar-refractivity contribution in [1.29, 1.82) is 0 Å². The molecular weight excluding hydrogens is 198 g/mol. The van der Waals surface area contributed by atoms with Crippen LogP contribution in [0.5, 0.6) is 0 Å². The number of sulfone groups is 1. The average molecular weight is 217 g/mol. The van der Waals surface area contributed by atoms with E-state index in [4.69, 9.17) is 0 Å². The number of rotatable bonds is 3. The minimum atomic E-state index is -2.69. The zero-order valence-corrected chi connectivity index (χ0v) is 9.52.